The van der Waals surface area contributed by atoms with Gasteiger partial charge >= 0.3 is 0 Å². The zero-order valence-corrected chi connectivity index (χ0v) is 20.0. The smallest absolute Gasteiger partial charge is 0.275 e. The maximum absolute atomic E-state index is 14.0. The van der Waals surface area contributed by atoms with Crippen LogP contribution in [-0.4, -0.2) is 35.1 Å². The minimum Gasteiger partial charge on any atom is -0.497 e. The number of benzene rings is 2. The molecule has 0 spiro atoms. The van der Waals surface area contributed by atoms with Gasteiger partial charge in [0.1, 0.15) is 17.0 Å². The van der Waals surface area contributed by atoms with E-state index in [1.54, 1.807) is 12.0 Å². The summed E-state index contributed by atoms with van der Waals surface area (Å²) in [6.45, 7) is 2.28. The third-order valence-electron chi connectivity index (χ3n) is 7.43. The molecule has 1 saturated carbocycles. The summed E-state index contributed by atoms with van der Waals surface area (Å²) in [5, 5.41) is 4.34. The molecule has 0 unspecified atom stereocenters. The van der Waals surface area contributed by atoms with Crippen LogP contribution < -0.4 is 15.0 Å². The van der Waals surface area contributed by atoms with Gasteiger partial charge in [0.05, 0.1) is 13.7 Å². The summed E-state index contributed by atoms with van der Waals surface area (Å²) in [5.41, 5.74) is 1.15. The number of fused-ring (bicyclic) bond motifs is 3. The molecule has 1 atom stereocenters. The number of methoxy groups -OCH3 is 1. The average molecular weight is 460 g/mol. The summed E-state index contributed by atoms with van der Waals surface area (Å²) in [6, 6.07) is 17.5. The van der Waals surface area contributed by atoms with Crippen molar-refractivity contribution < 1.29 is 14.3 Å². The van der Waals surface area contributed by atoms with Gasteiger partial charge in [-0.05, 0) is 44.0 Å². The first-order chi connectivity index (χ1) is 16.5. The highest BCUT2D eigenvalue weighted by atomic mass is 16.5. The van der Waals surface area contributed by atoms with Crippen LogP contribution in [0, 0.1) is 0 Å². The molecule has 3 aromatic rings. The zero-order valence-electron chi connectivity index (χ0n) is 20.0. The van der Waals surface area contributed by atoms with Crippen molar-refractivity contribution >= 4 is 28.4 Å². The Labute approximate surface area is 200 Å². The lowest BCUT2D eigenvalue weighted by Gasteiger charge is -2.44. The molecule has 0 bridgehead atoms. The predicted octanol–water partition coefficient (Wildman–Crippen LogP) is 5.30. The van der Waals surface area contributed by atoms with Crippen LogP contribution in [0.2, 0.25) is 0 Å². The summed E-state index contributed by atoms with van der Waals surface area (Å²) in [4.78, 5) is 29.6. The van der Waals surface area contributed by atoms with Crippen LogP contribution in [0.15, 0.2) is 54.6 Å². The van der Waals surface area contributed by atoms with E-state index in [1.807, 2.05) is 66.1 Å². The van der Waals surface area contributed by atoms with Crippen molar-refractivity contribution in [3.8, 4) is 5.75 Å². The van der Waals surface area contributed by atoms with E-state index in [1.165, 1.54) is 19.3 Å². The Morgan fingerprint density at radius 2 is 1.74 bits per heavy atom. The standard InChI is InChI=1S/C28H33N3O3/c1-28(27(33)29-21-12-6-4-3-5-7-13-21)19-30-24-16-9-8-11-20(24)17-25(30)26(32)31(28)22-14-10-15-23(18-22)34-2/h8-11,14-18,21H,3-7,12-13,19H2,1-2H3,(H,29,33)/t28-/m0/s1. The lowest BCUT2D eigenvalue weighted by atomic mass is 9.91. The molecule has 178 valence electrons. The number of nitrogens with one attached hydrogen (secondary N) is 1. The van der Waals surface area contributed by atoms with Gasteiger partial charge in [-0.15, -0.1) is 0 Å². The Hall–Kier alpha value is -3.28. The number of ether oxygens (including phenoxy) is 1. The Morgan fingerprint density at radius 3 is 2.50 bits per heavy atom. The van der Waals surface area contributed by atoms with Crippen LogP contribution in [0.4, 0.5) is 5.69 Å². The van der Waals surface area contributed by atoms with Crippen LogP contribution in [-0.2, 0) is 11.3 Å². The molecule has 1 N–H and O–H groups in total. The van der Waals surface area contributed by atoms with Gasteiger partial charge in [-0.1, -0.05) is 56.4 Å². The molecule has 1 aromatic heterocycles. The summed E-state index contributed by atoms with van der Waals surface area (Å²) in [6.07, 6.45) is 7.96. The minimum absolute atomic E-state index is 0.0994. The molecule has 1 aliphatic heterocycles. The molecule has 6 nitrogen and oxygen atoms in total. The number of hydrogen-bond acceptors (Lipinski definition) is 3. The van der Waals surface area contributed by atoms with Gasteiger partial charge in [0.2, 0.25) is 5.91 Å². The zero-order chi connectivity index (χ0) is 23.7. The molecule has 1 aliphatic carbocycles. The second-order valence-electron chi connectivity index (χ2n) is 9.81. The highest BCUT2D eigenvalue weighted by Gasteiger charge is 2.49. The third-order valence-corrected chi connectivity index (χ3v) is 7.43. The van der Waals surface area contributed by atoms with Gasteiger partial charge in [0.15, 0.2) is 0 Å². The van der Waals surface area contributed by atoms with Crippen LogP contribution in [0.5, 0.6) is 5.75 Å². The summed E-state index contributed by atoms with van der Waals surface area (Å²) in [5.74, 6) is 0.378. The summed E-state index contributed by atoms with van der Waals surface area (Å²) in [7, 11) is 1.61. The SMILES string of the molecule is COc1cccc(N2C(=O)c3cc4ccccc4n3C[C@@]2(C)C(=O)NC2CCCCCCC2)c1. The Morgan fingerprint density at radius 1 is 1.00 bits per heavy atom. The third kappa shape index (κ3) is 3.95. The Bertz CT molecular complexity index is 1210. The molecule has 6 heteroatoms. The van der Waals surface area contributed by atoms with E-state index in [9.17, 15) is 9.59 Å². The molecular formula is C28H33N3O3. The quantitative estimate of drug-likeness (QED) is 0.576. The number of rotatable bonds is 4. The lowest BCUT2D eigenvalue weighted by Crippen LogP contribution is -2.65. The van der Waals surface area contributed by atoms with Gasteiger partial charge < -0.3 is 14.6 Å². The topological polar surface area (TPSA) is 63.6 Å². The summed E-state index contributed by atoms with van der Waals surface area (Å²) >= 11 is 0. The van der Waals surface area contributed by atoms with E-state index in [0.29, 0.717) is 23.7 Å². The number of carbonyl (C=O) groups excluding carboxylic acids is 2. The van der Waals surface area contributed by atoms with Crippen molar-refractivity contribution in [3.05, 3.63) is 60.3 Å². The van der Waals surface area contributed by atoms with Crippen molar-refractivity contribution in [3.63, 3.8) is 0 Å². The fourth-order valence-corrected chi connectivity index (χ4v) is 5.54. The molecule has 2 heterocycles. The van der Waals surface area contributed by atoms with Crippen LogP contribution in [0.25, 0.3) is 10.9 Å². The van der Waals surface area contributed by atoms with Crippen LogP contribution in [0.1, 0.15) is 62.4 Å². The van der Waals surface area contributed by atoms with E-state index < -0.39 is 5.54 Å². The lowest BCUT2D eigenvalue weighted by molar-refractivity contribution is -0.127. The van der Waals surface area contributed by atoms with Gasteiger partial charge in [-0.25, -0.2) is 0 Å². The molecule has 0 radical (unpaired) electrons. The average Bonchev–Trinajstić information content (AvgIpc) is 3.19. The van der Waals surface area contributed by atoms with E-state index in [0.717, 1.165) is 36.6 Å². The summed E-state index contributed by atoms with van der Waals surface area (Å²) < 4.78 is 7.44. The number of anilines is 1. The van der Waals surface area contributed by atoms with Crippen molar-refractivity contribution in [2.45, 2.75) is 70.0 Å². The van der Waals surface area contributed by atoms with E-state index in [4.69, 9.17) is 4.74 Å². The van der Waals surface area contributed by atoms with Crippen molar-refractivity contribution in [1.29, 1.82) is 0 Å². The molecule has 0 saturated heterocycles. The second kappa shape index (κ2) is 9.16. The molecule has 1 fully saturated rings. The first-order valence-electron chi connectivity index (χ1n) is 12.4. The second-order valence-corrected chi connectivity index (χ2v) is 9.81. The van der Waals surface area contributed by atoms with E-state index in [-0.39, 0.29) is 17.9 Å². The van der Waals surface area contributed by atoms with Crippen LogP contribution >= 0.6 is 0 Å². The highest BCUT2D eigenvalue weighted by Crippen LogP contribution is 2.37. The number of carbonyl (C=O) groups is 2. The highest BCUT2D eigenvalue weighted by molar-refractivity contribution is 6.14. The molecule has 34 heavy (non-hydrogen) atoms. The fraction of sp³-hybridized carbons (Fsp3) is 0.429. The number of hydrogen-bond donors (Lipinski definition) is 1. The van der Waals surface area contributed by atoms with Gasteiger partial charge in [0.25, 0.3) is 5.91 Å². The largest absolute Gasteiger partial charge is 0.497 e. The number of amides is 2. The Balaban J connectivity index is 1.57. The van der Waals surface area contributed by atoms with Gasteiger partial charge in [-0.3, -0.25) is 14.5 Å². The Kier molecular flexibility index (Phi) is 6.07. The monoisotopic (exact) mass is 459 g/mol. The van der Waals surface area contributed by atoms with E-state index in [2.05, 4.69) is 5.32 Å². The molecule has 2 amide bonds. The van der Waals surface area contributed by atoms with Gasteiger partial charge in [-0.2, -0.15) is 0 Å². The van der Waals surface area contributed by atoms with Gasteiger partial charge in [0, 0.05) is 28.7 Å². The first-order valence-corrected chi connectivity index (χ1v) is 12.4. The molecule has 5 rings (SSSR count). The maximum Gasteiger partial charge on any atom is 0.275 e. The fourth-order valence-electron chi connectivity index (χ4n) is 5.54. The number of nitrogens with zero attached hydrogens (tertiary/aromatic N) is 2. The minimum atomic E-state index is -1.08. The predicted molar refractivity (Wildman–Crippen MR) is 134 cm³/mol. The first kappa shape index (κ1) is 22.5. The molecular weight excluding hydrogens is 426 g/mol. The van der Waals surface area contributed by atoms with E-state index >= 15 is 0 Å². The van der Waals surface area contributed by atoms with Crippen LogP contribution in [0.3, 0.4) is 0 Å². The number of para-hydroxylation sites is 1. The normalized spacial score (nSPS) is 21.6. The van der Waals surface area contributed by atoms with Crippen molar-refractivity contribution in [2.24, 2.45) is 0 Å². The number of aromatic nitrogens is 1. The maximum atomic E-state index is 14.0. The van der Waals surface area contributed by atoms with Crippen molar-refractivity contribution in [2.75, 3.05) is 12.0 Å². The van der Waals surface area contributed by atoms with Crippen molar-refractivity contribution in [1.82, 2.24) is 9.88 Å². The molecule has 2 aromatic carbocycles. The molecule has 2 aliphatic rings.